The van der Waals surface area contributed by atoms with E-state index in [0.717, 1.165) is 47.0 Å². The summed E-state index contributed by atoms with van der Waals surface area (Å²) in [6.07, 6.45) is 7.97. The highest BCUT2D eigenvalue weighted by atomic mass is 35.5. The van der Waals surface area contributed by atoms with Gasteiger partial charge in [0, 0.05) is 42.2 Å². The largest absolute Gasteiger partial charge is 0.456 e. The van der Waals surface area contributed by atoms with Crippen molar-refractivity contribution >= 4 is 39.9 Å². The van der Waals surface area contributed by atoms with Crippen LogP contribution in [0.5, 0.6) is 11.5 Å². The lowest BCUT2D eigenvalue weighted by Crippen LogP contribution is -2.38. The maximum absolute atomic E-state index is 12.3. The van der Waals surface area contributed by atoms with Gasteiger partial charge < -0.3 is 15.4 Å². The SMILES string of the molecule is C=CC(=O)N1CCCC(c2cc(-c3ccc(Oc4ccn5ncnc5c4)c(Cl)c3)c3ncnc(N)c3c2)C1. The van der Waals surface area contributed by atoms with Crippen LogP contribution in [-0.4, -0.2) is 48.5 Å². The normalized spacial score (nSPS) is 15.6. The number of nitrogen functional groups attached to an aromatic ring is 1. The Labute approximate surface area is 223 Å². The van der Waals surface area contributed by atoms with Crippen molar-refractivity contribution < 1.29 is 9.53 Å². The molecule has 6 rings (SSSR count). The molecule has 0 spiro atoms. The van der Waals surface area contributed by atoms with Gasteiger partial charge in [0.05, 0.1) is 10.5 Å². The predicted molar refractivity (Wildman–Crippen MR) is 146 cm³/mol. The third kappa shape index (κ3) is 4.41. The molecule has 1 fully saturated rings. The Morgan fingerprint density at radius 3 is 2.87 bits per heavy atom. The maximum atomic E-state index is 12.3. The molecule has 1 amide bonds. The zero-order chi connectivity index (χ0) is 26.2. The summed E-state index contributed by atoms with van der Waals surface area (Å²) in [5.41, 5.74) is 10.5. The summed E-state index contributed by atoms with van der Waals surface area (Å²) in [4.78, 5) is 27.1. The van der Waals surface area contributed by atoms with Gasteiger partial charge in [-0.25, -0.2) is 19.5 Å². The number of aromatic nitrogens is 5. The first-order valence-corrected chi connectivity index (χ1v) is 12.6. The Morgan fingerprint density at radius 1 is 1.13 bits per heavy atom. The van der Waals surface area contributed by atoms with Crippen LogP contribution < -0.4 is 10.5 Å². The molecule has 0 aliphatic carbocycles. The second-order valence-electron chi connectivity index (χ2n) is 9.22. The fourth-order valence-electron chi connectivity index (χ4n) is 4.98. The van der Waals surface area contributed by atoms with Crippen molar-refractivity contribution in [2.45, 2.75) is 18.8 Å². The van der Waals surface area contributed by atoms with Gasteiger partial charge in [0.15, 0.2) is 5.65 Å². The minimum Gasteiger partial charge on any atom is -0.456 e. The molecule has 190 valence electrons. The monoisotopic (exact) mass is 525 g/mol. The van der Waals surface area contributed by atoms with Gasteiger partial charge in [0.25, 0.3) is 0 Å². The van der Waals surface area contributed by atoms with Gasteiger partial charge in [-0.3, -0.25) is 4.79 Å². The number of carbonyl (C=O) groups is 1. The molecule has 3 aromatic heterocycles. The van der Waals surface area contributed by atoms with Crippen molar-refractivity contribution in [3.8, 4) is 22.6 Å². The minimum absolute atomic E-state index is 0.0518. The summed E-state index contributed by atoms with van der Waals surface area (Å²) in [5, 5.41) is 5.32. The number of piperidine rings is 1. The van der Waals surface area contributed by atoms with Crippen molar-refractivity contribution in [3.63, 3.8) is 0 Å². The second kappa shape index (κ2) is 9.75. The number of nitrogens with zero attached hydrogens (tertiary/aromatic N) is 6. The molecular formula is C28H24ClN7O2. The first-order chi connectivity index (χ1) is 18.5. The zero-order valence-electron chi connectivity index (χ0n) is 20.4. The van der Waals surface area contributed by atoms with E-state index in [9.17, 15) is 4.79 Å². The van der Waals surface area contributed by atoms with E-state index in [4.69, 9.17) is 22.1 Å². The number of halogens is 1. The number of pyridine rings is 1. The molecule has 9 nitrogen and oxygen atoms in total. The maximum Gasteiger partial charge on any atom is 0.245 e. The fraction of sp³-hybridized carbons (Fsp3) is 0.179. The number of benzene rings is 2. The molecule has 2 N–H and O–H groups in total. The smallest absolute Gasteiger partial charge is 0.245 e. The molecular weight excluding hydrogens is 502 g/mol. The van der Waals surface area contributed by atoms with Gasteiger partial charge in [0.1, 0.15) is 30.0 Å². The molecule has 4 heterocycles. The molecule has 0 saturated carbocycles. The first-order valence-electron chi connectivity index (χ1n) is 12.2. The highest BCUT2D eigenvalue weighted by Gasteiger charge is 2.25. The zero-order valence-corrected chi connectivity index (χ0v) is 21.2. The molecule has 2 aromatic carbocycles. The Balaban J connectivity index is 1.38. The van der Waals surface area contributed by atoms with E-state index in [-0.39, 0.29) is 11.8 Å². The molecule has 5 aromatic rings. The summed E-state index contributed by atoms with van der Waals surface area (Å²) >= 11 is 6.70. The van der Waals surface area contributed by atoms with Crippen molar-refractivity contribution in [3.05, 3.63) is 84.6 Å². The summed E-state index contributed by atoms with van der Waals surface area (Å²) in [5.74, 6) is 1.62. The predicted octanol–water partition coefficient (Wildman–Crippen LogP) is 5.26. The fourth-order valence-corrected chi connectivity index (χ4v) is 5.20. The number of carbonyl (C=O) groups excluding carboxylic acids is 1. The molecule has 38 heavy (non-hydrogen) atoms. The van der Waals surface area contributed by atoms with Crippen LogP contribution in [0.2, 0.25) is 5.02 Å². The lowest BCUT2D eigenvalue weighted by molar-refractivity contribution is -0.127. The molecule has 0 bridgehead atoms. The number of hydrogen-bond acceptors (Lipinski definition) is 7. The number of anilines is 1. The van der Waals surface area contributed by atoms with E-state index in [2.05, 4.69) is 32.7 Å². The lowest BCUT2D eigenvalue weighted by atomic mass is 9.87. The number of likely N-dealkylation sites (tertiary alicyclic amines) is 1. The number of fused-ring (bicyclic) bond motifs is 2. The van der Waals surface area contributed by atoms with Crippen LogP contribution in [0.15, 0.2) is 74.0 Å². The van der Waals surface area contributed by atoms with Gasteiger partial charge in [-0.1, -0.05) is 24.2 Å². The third-order valence-corrected chi connectivity index (χ3v) is 7.19. The molecule has 1 saturated heterocycles. The van der Waals surface area contributed by atoms with Crippen LogP contribution in [0.4, 0.5) is 5.82 Å². The molecule has 1 aliphatic heterocycles. The highest BCUT2D eigenvalue weighted by molar-refractivity contribution is 6.32. The van der Waals surface area contributed by atoms with E-state index in [1.165, 1.54) is 18.7 Å². The number of rotatable bonds is 5. The highest BCUT2D eigenvalue weighted by Crippen LogP contribution is 2.39. The van der Waals surface area contributed by atoms with Crippen molar-refractivity contribution in [2.24, 2.45) is 0 Å². The summed E-state index contributed by atoms with van der Waals surface area (Å²) in [7, 11) is 0. The average molecular weight is 526 g/mol. The Bertz CT molecular complexity index is 1700. The quantitative estimate of drug-likeness (QED) is 0.311. The first kappa shape index (κ1) is 23.9. The van der Waals surface area contributed by atoms with Crippen molar-refractivity contribution in [1.82, 2.24) is 29.5 Å². The van der Waals surface area contributed by atoms with Gasteiger partial charge in [-0.05, 0) is 60.4 Å². The number of hydrogen-bond donors (Lipinski definition) is 1. The number of ether oxygens (including phenoxy) is 1. The number of nitrogens with two attached hydrogens (primary N) is 1. The summed E-state index contributed by atoms with van der Waals surface area (Å²) < 4.78 is 7.70. The van der Waals surface area contributed by atoms with E-state index < -0.39 is 0 Å². The number of amides is 1. The Morgan fingerprint density at radius 2 is 2.03 bits per heavy atom. The molecule has 1 aliphatic rings. The van der Waals surface area contributed by atoms with E-state index in [0.29, 0.717) is 34.5 Å². The van der Waals surface area contributed by atoms with Crippen LogP contribution in [0, 0.1) is 0 Å². The van der Waals surface area contributed by atoms with E-state index >= 15 is 0 Å². The summed E-state index contributed by atoms with van der Waals surface area (Å²) in [6, 6.07) is 13.4. The van der Waals surface area contributed by atoms with E-state index in [1.807, 2.05) is 29.2 Å². The van der Waals surface area contributed by atoms with Crippen LogP contribution in [0.25, 0.3) is 27.7 Å². The van der Waals surface area contributed by atoms with Crippen LogP contribution in [-0.2, 0) is 4.79 Å². The van der Waals surface area contributed by atoms with Crippen LogP contribution in [0.1, 0.15) is 24.3 Å². The standard InChI is InChI=1S/C28H24ClN7O2/c1-2-26(37)35-8-3-4-18(14-35)19-10-21(27-22(11-19)28(30)33-15-32-27)17-5-6-24(23(29)12-17)38-20-7-9-36-25(13-20)31-16-34-36/h2,5-7,9-13,15-16,18H,1,3-4,8,14H2,(H2,30,32,33). The van der Waals surface area contributed by atoms with Crippen LogP contribution in [0.3, 0.4) is 0 Å². The van der Waals surface area contributed by atoms with Gasteiger partial charge in [-0.2, -0.15) is 5.10 Å². The Hall–Kier alpha value is -4.50. The third-order valence-electron chi connectivity index (χ3n) is 6.89. The van der Waals surface area contributed by atoms with E-state index in [1.54, 1.807) is 22.8 Å². The van der Waals surface area contributed by atoms with Gasteiger partial charge >= 0.3 is 0 Å². The molecule has 1 unspecified atom stereocenters. The van der Waals surface area contributed by atoms with Crippen molar-refractivity contribution in [1.29, 1.82) is 0 Å². The van der Waals surface area contributed by atoms with Crippen molar-refractivity contribution in [2.75, 3.05) is 18.8 Å². The molecule has 1 atom stereocenters. The second-order valence-corrected chi connectivity index (χ2v) is 9.63. The van der Waals surface area contributed by atoms with Crippen LogP contribution >= 0.6 is 11.6 Å². The Kier molecular flexibility index (Phi) is 6.13. The minimum atomic E-state index is -0.0518. The lowest BCUT2D eigenvalue weighted by Gasteiger charge is -2.32. The average Bonchev–Trinajstić information content (AvgIpc) is 3.41. The molecule has 0 radical (unpaired) electrons. The molecule has 10 heteroatoms. The summed E-state index contributed by atoms with van der Waals surface area (Å²) in [6.45, 7) is 4.99. The van der Waals surface area contributed by atoms with Gasteiger partial charge in [0.2, 0.25) is 5.91 Å². The topological polar surface area (TPSA) is 112 Å². The van der Waals surface area contributed by atoms with Gasteiger partial charge in [-0.15, -0.1) is 0 Å².